The molecule has 3 aromatic rings. The standard InChI is InChI=1S/C20H19FN6O/c21-16-5-1-2-6-18(16)26-20(28)24-15-8-11-27(13-15)19-23-10-7-17(25-19)14-4-3-9-22-12-14/h1-7,9-10,12,15H,8,11,13H2,(H2,24,26,28). The van der Waals surface area contributed by atoms with Gasteiger partial charge in [-0.1, -0.05) is 12.1 Å². The molecule has 1 aliphatic heterocycles. The molecule has 142 valence electrons. The Hall–Kier alpha value is -3.55. The Labute approximate surface area is 161 Å². The molecule has 2 aromatic heterocycles. The average Bonchev–Trinajstić information content (AvgIpc) is 3.19. The van der Waals surface area contributed by atoms with Crippen LogP contribution in [-0.2, 0) is 0 Å². The van der Waals surface area contributed by atoms with Crippen molar-refractivity contribution >= 4 is 17.7 Å². The lowest BCUT2D eigenvalue weighted by molar-refractivity contribution is 0.249. The van der Waals surface area contributed by atoms with Gasteiger partial charge in [0.25, 0.3) is 0 Å². The van der Waals surface area contributed by atoms with E-state index in [1.807, 2.05) is 23.1 Å². The van der Waals surface area contributed by atoms with Gasteiger partial charge in [0, 0.05) is 43.3 Å². The zero-order chi connectivity index (χ0) is 19.3. The minimum Gasteiger partial charge on any atom is -0.339 e. The van der Waals surface area contributed by atoms with Crippen molar-refractivity contribution in [3.8, 4) is 11.3 Å². The molecular formula is C20H19FN6O. The van der Waals surface area contributed by atoms with Gasteiger partial charge in [-0.3, -0.25) is 4.98 Å². The molecule has 8 heteroatoms. The lowest BCUT2D eigenvalue weighted by atomic mass is 10.2. The molecule has 3 heterocycles. The van der Waals surface area contributed by atoms with Gasteiger partial charge in [-0.25, -0.2) is 19.2 Å². The smallest absolute Gasteiger partial charge is 0.319 e. The molecular weight excluding hydrogens is 359 g/mol. The van der Waals surface area contributed by atoms with E-state index >= 15 is 0 Å². The van der Waals surface area contributed by atoms with Gasteiger partial charge in [0.05, 0.1) is 11.4 Å². The van der Waals surface area contributed by atoms with Gasteiger partial charge in [0.1, 0.15) is 5.82 Å². The second kappa shape index (κ2) is 7.99. The van der Waals surface area contributed by atoms with E-state index in [0.717, 1.165) is 24.2 Å². The maximum atomic E-state index is 13.7. The molecule has 2 amide bonds. The van der Waals surface area contributed by atoms with Gasteiger partial charge in [0.15, 0.2) is 0 Å². The number of rotatable bonds is 4. The third-order valence-corrected chi connectivity index (χ3v) is 4.53. The third-order valence-electron chi connectivity index (χ3n) is 4.53. The number of hydrogen-bond donors (Lipinski definition) is 2. The van der Waals surface area contributed by atoms with Crippen LogP contribution in [0.2, 0.25) is 0 Å². The summed E-state index contributed by atoms with van der Waals surface area (Å²) in [6, 6.07) is 11.2. The van der Waals surface area contributed by atoms with E-state index in [1.165, 1.54) is 12.1 Å². The highest BCUT2D eigenvalue weighted by Crippen LogP contribution is 2.21. The number of amides is 2. The van der Waals surface area contributed by atoms with E-state index in [1.54, 1.807) is 30.7 Å². The van der Waals surface area contributed by atoms with Gasteiger partial charge in [-0.2, -0.15) is 0 Å². The monoisotopic (exact) mass is 378 g/mol. The van der Waals surface area contributed by atoms with Crippen molar-refractivity contribution in [3.05, 3.63) is 66.9 Å². The zero-order valence-corrected chi connectivity index (χ0v) is 15.0. The maximum Gasteiger partial charge on any atom is 0.319 e. The van der Waals surface area contributed by atoms with Crippen LogP contribution in [0, 0.1) is 5.82 Å². The van der Waals surface area contributed by atoms with Crippen LogP contribution in [0.1, 0.15) is 6.42 Å². The van der Waals surface area contributed by atoms with Crippen LogP contribution >= 0.6 is 0 Å². The number of pyridine rings is 1. The van der Waals surface area contributed by atoms with Crippen LogP contribution in [0.15, 0.2) is 61.1 Å². The second-order valence-corrected chi connectivity index (χ2v) is 6.49. The molecule has 4 rings (SSSR count). The SMILES string of the molecule is O=C(Nc1ccccc1F)NC1CCN(c2nccc(-c3cccnc3)n2)C1. The second-order valence-electron chi connectivity index (χ2n) is 6.49. The number of anilines is 2. The summed E-state index contributed by atoms with van der Waals surface area (Å²) < 4.78 is 13.7. The normalized spacial score (nSPS) is 16.0. The van der Waals surface area contributed by atoms with Crippen LogP contribution < -0.4 is 15.5 Å². The van der Waals surface area contributed by atoms with Crippen LogP contribution in [0.5, 0.6) is 0 Å². The largest absolute Gasteiger partial charge is 0.339 e. The summed E-state index contributed by atoms with van der Waals surface area (Å²) in [6.07, 6.45) is 5.95. The quantitative estimate of drug-likeness (QED) is 0.729. The number of aromatic nitrogens is 3. The van der Waals surface area contributed by atoms with Crippen molar-refractivity contribution in [2.75, 3.05) is 23.3 Å². The summed E-state index contributed by atoms with van der Waals surface area (Å²) >= 11 is 0. The van der Waals surface area contributed by atoms with Crippen molar-refractivity contribution < 1.29 is 9.18 Å². The Balaban J connectivity index is 1.38. The summed E-state index contributed by atoms with van der Waals surface area (Å²) in [5, 5.41) is 5.42. The Bertz CT molecular complexity index is 968. The summed E-state index contributed by atoms with van der Waals surface area (Å²) in [4.78, 5) is 27.3. The molecule has 0 radical (unpaired) electrons. The molecule has 0 bridgehead atoms. The van der Waals surface area contributed by atoms with Gasteiger partial charge in [-0.05, 0) is 36.8 Å². The molecule has 0 aliphatic carbocycles. The van der Waals surface area contributed by atoms with Crippen molar-refractivity contribution in [2.45, 2.75) is 12.5 Å². The van der Waals surface area contributed by atoms with E-state index in [2.05, 4.69) is 25.6 Å². The summed E-state index contributed by atoms with van der Waals surface area (Å²) in [5.41, 5.74) is 1.87. The predicted molar refractivity (Wildman–Crippen MR) is 104 cm³/mol. The number of halogens is 1. The first-order chi connectivity index (χ1) is 13.7. The number of nitrogens with zero attached hydrogens (tertiary/aromatic N) is 4. The highest BCUT2D eigenvalue weighted by atomic mass is 19.1. The molecule has 1 unspecified atom stereocenters. The van der Waals surface area contributed by atoms with Gasteiger partial charge in [-0.15, -0.1) is 0 Å². The van der Waals surface area contributed by atoms with Crippen molar-refractivity contribution in [1.29, 1.82) is 0 Å². The molecule has 28 heavy (non-hydrogen) atoms. The minimum atomic E-state index is -0.466. The molecule has 0 saturated carbocycles. The highest BCUT2D eigenvalue weighted by molar-refractivity contribution is 5.89. The first-order valence-corrected chi connectivity index (χ1v) is 8.99. The summed E-state index contributed by atoms with van der Waals surface area (Å²) in [5.74, 6) is 0.145. The predicted octanol–water partition coefficient (Wildman–Crippen LogP) is 3.08. The number of urea groups is 1. The van der Waals surface area contributed by atoms with Gasteiger partial charge in [0.2, 0.25) is 5.95 Å². The molecule has 1 aromatic carbocycles. The fourth-order valence-corrected chi connectivity index (χ4v) is 3.14. The summed E-state index contributed by atoms with van der Waals surface area (Å²) in [7, 11) is 0. The molecule has 2 N–H and O–H groups in total. The molecule has 1 atom stereocenters. The van der Waals surface area contributed by atoms with Crippen LogP contribution in [0.25, 0.3) is 11.3 Å². The maximum absolute atomic E-state index is 13.7. The van der Waals surface area contributed by atoms with Gasteiger partial charge < -0.3 is 15.5 Å². The first kappa shape index (κ1) is 17.8. The van der Waals surface area contributed by atoms with E-state index in [0.29, 0.717) is 12.5 Å². The van der Waals surface area contributed by atoms with Crippen molar-refractivity contribution in [2.24, 2.45) is 0 Å². The van der Waals surface area contributed by atoms with E-state index < -0.39 is 11.8 Å². The van der Waals surface area contributed by atoms with E-state index in [9.17, 15) is 9.18 Å². The lowest BCUT2D eigenvalue weighted by Gasteiger charge is -2.17. The Kier molecular flexibility index (Phi) is 5.09. The van der Waals surface area contributed by atoms with E-state index in [-0.39, 0.29) is 11.7 Å². The van der Waals surface area contributed by atoms with Crippen LogP contribution in [0.3, 0.4) is 0 Å². The third kappa shape index (κ3) is 4.06. The van der Waals surface area contributed by atoms with E-state index in [4.69, 9.17) is 0 Å². The topological polar surface area (TPSA) is 83.0 Å². The van der Waals surface area contributed by atoms with Gasteiger partial charge >= 0.3 is 6.03 Å². The molecule has 1 fully saturated rings. The van der Waals surface area contributed by atoms with Crippen molar-refractivity contribution in [3.63, 3.8) is 0 Å². The number of benzene rings is 1. The molecule has 0 spiro atoms. The Morgan fingerprint density at radius 3 is 2.86 bits per heavy atom. The number of carbonyl (C=O) groups is 1. The molecule has 1 aliphatic rings. The molecule has 1 saturated heterocycles. The Morgan fingerprint density at radius 1 is 1.14 bits per heavy atom. The fraction of sp³-hybridized carbons (Fsp3) is 0.200. The average molecular weight is 378 g/mol. The zero-order valence-electron chi connectivity index (χ0n) is 15.0. The van der Waals surface area contributed by atoms with Crippen LogP contribution in [-0.4, -0.2) is 40.1 Å². The number of nitrogens with one attached hydrogen (secondary N) is 2. The highest BCUT2D eigenvalue weighted by Gasteiger charge is 2.26. The number of para-hydroxylation sites is 1. The first-order valence-electron chi connectivity index (χ1n) is 8.99. The molecule has 7 nitrogen and oxygen atoms in total. The minimum absolute atomic E-state index is 0.0718. The lowest BCUT2D eigenvalue weighted by Crippen LogP contribution is -2.40. The summed E-state index contributed by atoms with van der Waals surface area (Å²) in [6.45, 7) is 1.31. The Morgan fingerprint density at radius 2 is 2.04 bits per heavy atom. The van der Waals surface area contributed by atoms with Crippen LogP contribution in [0.4, 0.5) is 20.8 Å². The number of carbonyl (C=O) groups excluding carboxylic acids is 1. The fourth-order valence-electron chi connectivity index (χ4n) is 3.14. The number of hydrogen-bond acceptors (Lipinski definition) is 5. The van der Waals surface area contributed by atoms with Crippen molar-refractivity contribution in [1.82, 2.24) is 20.3 Å².